The van der Waals surface area contributed by atoms with E-state index < -0.39 is 23.9 Å². The van der Waals surface area contributed by atoms with Gasteiger partial charge in [0.2, 0.25) is 0 Å². The Morgan fingerprint density at radius 2 is 1.75 bits per heavy atom. The van der Waals surface area contributed by atoms with E-state index in [1.165, 1.54) is 13.3 Å². The van der Waals surface area contributed by atoms with Gasteiger partial charge in [0.15, 0.2) is 6.10 Å². The summed E-state index contributed by atoms with van der Waals surface area (Å²) in [6.45, 7) is 0. The maximum absolute atomic E-state index is 13.0. The molecule has 0 heterocycles. The van der Waals surface area contributed by atoms with E-state index in [1.54, 1.807) is 49.3 Å². The number of methoxy groups -OCH3 is 1. The molecule has 1 fully saturated rings. The predicted octanol–water partition coefficient (Wildman–Crippen LogP) is 2.48. The second kappa shape index (κ2) is 10.5. The third-order valence-corrected chi connectivity index (χ3v) is 4.63. The number of benzene rings is 1. The molecule has 2 rings (SSSR count). The molecule has 1 aliphatic carbocycles. The number of nitrogens with zero attached hydrogens (tertiary/aromatic N) is 1. The normalized spacial score (nSPS) is 16.0. The fourth-order valence-electron chi connectivity index (χ4n) is 3.27. The number of carbonyl (C=O) groups excluding carboxylic acids is 3. The lowest BCUT2D eigenvalue weighted by atomic mass is 9.84. The van der Waals surface area contributed by atoms with Crippen molar-refractivity contribution in [2.24, 2.45) is 5.92 Å². The van der Waals surface area contributed by atoms with Crippen LogP contribution in [0.3, 0.4) is 0 Å². The summed E-state index contributed by atoms with van der Waals surface area (Å²) in [6.07, 6.45) is 5.15. The largest absolute Gasteiger partial charge is 0.464 e. The van der Waals surface area contributed by atoms with Gasteiger partial charge in [0.05, 0.1) is 12.7 Å². The van der Waals surface area contributed by atoms with Crippen LogP contribution in [0.15, 0.2) is 42.2 Å². The molecule has 1 aliphatic rings. The Morgan fingerprint density at radius 1 is 1.11 bits per heavy atom. The molecule has 7 heteroatoms. The molecule has 28 heavy (non-hydrogen) atoms. The number of amides is 1. The molecule has 0 aromatic heterocycles. The van der Waals surface area contributed by atoms with E-state index in [1.807, 2.05) is 0 Å². The highest BCUT2D eigenvalue weighted by Crippen LogP contribution is 2.29. The number of hydrogen-bond acceptors (Lipinski definition) is 6. The topological polar surface area (TPSA) is 84.9 Å². The molecule has 1 unspecified atom stereocenters. The zero-order valence-corrected chi connectivity index (χ0v) is 16.6. The van der Waals surface area contributed by atoms with Crippen molar-refractivity contribution in [2.45, 2.75) is 38.2 Å². The Balaban J connectivity index is 2.21. The molecule has 0 aliphatic heterocycles. The van der Waals surface area contributed by atoms with Gasteiger partial charge in [-0.2, -0.15) is 0 Å². The van der Waals surface area contributed by atoms with Crippen molar-refractivity contribution >= 4 is 17.8 Å². The molecule has 152 valence electrons. The molecule has 1 amide bonds. The second-order valence-corrected chi connectivity index (χ2v) is 7.08. The van der Waals surface area contributed by atoms with E-state index >= 15 is 0 Å². The number of rotatable bonds is 7. The summed E-state index contributed by atoms with van der Waals surface area (Å²) in [7, 11) is 4.69. The van der Waals surface area contributed by atoms with Crippen molar-refractivity contribution in [3.63, 3.8) is 0 Å². The standard InChI is InChI=1S/C21H28N2O5/c1-23(2)14-17(21(26)27-3)22-19(24)18(15-10-6-4-7-11-15)28-20(25)16-12-8-5-9-13-16/h5,8-9,12-15,18H,4,6-7,10-11H2,1-3H3,(H,22,24)/b17-14-. The van der Waals surface area contributed by atoms with Gasteiger partial charge in [-0.25, -0.2) is 9.59 Å². The quantitative estimate of drug-likeness (QED) is 0.571. The molecule has 0 saturated heterocycles. The van der Waals surface area contributed by atoms with Gasteiger partial charge in [-0.15, -0.1) is 0 Å². The fourth-order valence-corrected chi connectivity index (χ4v) is 3.27. The van der Waals surface area contributed by atoms with E-state index in [2.05, 4.69) is 5.32 Å². The van der Waals surface area contributed by atoms with Crippen LogP contribution in [0.4, 0.5) is 0 Å². The highest BCUT2D eigenvalue weighted by atomic mass is 16.5. The van der Waals surface area contributed by atoms with E-state index in [9.17, 15) is 14.4 Å². The summed E-state index contributed by atoms with van der Waals surface area (Å²) in [4.78, 5) is 39.1. The number of hydrogen-bond donors (Lipinski definition) is 1. The summed E-state index contributed by atoms with van der Waals surface area (Å²) in [6, 6.07) is 8.56. The van der Waals surface area contributed by atoms with Crippen LogP contribution in [-0.4, -0.2) is 50.1 Å². The van der Waals surface area contributed by atoms with Gasteiger partial charge >= 0.3 is 11.9 Å². The molecular formula is C21H28N2O5. The number of carbonyl (C=O) groups is 3. The third kappa shape index (κ3) is 6.11. The molecule has 0 radical (unpaired) electrons. The zero-order chi connectivity index (χ0) is 20.5. The Bertz CT molecular complexity index is 709. The average Bonchev–Trinajstić information content (AvgIpc) is 2.71. The van der Waals surface area contributed by atoms with Crippen LogP contribution < -0.4 is 5.32 Å². The monoisotopic (exact) mass is 388 g/mol. The summed E-state index contributed by atoms with van der Waals surface area (Å²) in [5.74, 6) is -1.82. The van der Waals surface area contributed by atoms with Gasteiger partial charge in [0.25, 0.3) is 5.91 Å². The van der Waals surface area contributed by atoms with Crippen molar-refractivity contribution in [2.75, 3.05) is 21.2 Å². The van der Waals surface area contributed by atoms with Crippen LogP contribution in [0.5, 0.6) is 0 Å². The molecule has 1 N–H and O–H groups in total. The van der Waals surface area contributed by atoms with E-state index in [4.69, 9.17) is 9.47 Å². The first-order chi connectivity index (χ1) is 13.4. The fraction of sp³-hybridized carbons (Fsp3) is 0.476. The van der Waals surface area contributed by atoms with Crippen LogP contribution in [-0.2, 0) is 19.1 Å². The van der Waals surface area contributed by atoms with Crippen molar-refractivity contribution in [1.29, 1.82) is 0 Å². The maximum atomic E-state index is 13.0. The minimum atomic E-state index is -0.969. The van der Waals surface area contributed by atoms with Crippen LogP contribution in [0.25, 0.3) is 0 Å². The van der Waals surface area contributed by atoms with Gasteiger partial charge in [-0.1, -0.05) is 37.5 Å². The van der Waals surface area contributed by atoms with Crippen LogP contribution in [0.2, 0.25) is 0 Å². The molecule has 1 saturated carbocycles. The summed E-state index contributed by atoms with van der Waals surface area (Å²) >= 11 is 0. The highest BCUT2D eigenvalue weighted by Gasteiger charge is 2.34. The SMILES string of the molecule is COC(=O)/C(=C/N(C)C)NC(=O)C(OC(=O)c1ccccc1)C1CCCCC1. The molecule has 0 spiro atoms. The number of nitrogens with one attached hydrogen (secondary N) is 1. The van der Waals surface area contributed by atoms with E-state index in [0.717, 1.165) is 32.1 Å². The lowest BCUT2D eigenvalue weighted by molar-refractivity contribution is -0.140. The first kappa shape index (κ1) is 21.5. The molecule has 1 aromatic rings. The van der Waals surface area contributed by atoms with Gasteiger partial charge in [0.1, 0.15) is 5.70 Å². The second-order valence-electron chi connectivity index (χ2n) is 7.08. The lowest BCUT2D eigenvalue weighted by Gasteiger charge is -2.29. The lowest BCUT2D eigenvalue weighted by Crippen LogP contribution is -2.44. The Morgan fingerprint density at radius 3 is 2.32 bits per heavy atom. The van der Waals surface area contributed by atoms with Gasteiger partial charge in [0, 0.05) is 26.2 Å². The first-order valence-corrected chi connectivity index (χ1v) is 9.46. The first-order valence-electron chi connectivity index (χ1n) is 9.46. The van der Waals surface area contributed by atoms with Crippen molar-refractivity contribution in [3.8, 4) is 0 Å². The van der Waals surface area contributed by atoms with E-state index in [-0.39, 0.29) is 11.6 Å². The average molecular weight is 388 g/mol. The highest BCUT2D eigenvalue weighted by molar-refractivity contribution is 5.97. The zero-order valence-electron chi connectivity index (χ0n) is 16.6. The minimum absolute atomic E-state index is 0.00549. The minimum Gasteiger partial charge on any atom is -0.464 e. The Kier molecular flexibility index (Phi) is 8.04. The van der Waals surface area contributed by atoms with Crippen LogP contribution in [0, 0.1) is 5.92 Å². The maximum Gasteiger partial charge on any atom is 0.356 e. The van der Waals surface area contributed by atoms with Crippen molar-refractivity contribution in [3.05, 3.63) is 47.8 Å². The molecule has 0 bridgehead atoms. The predicted molar refractivity (Wildman–Crippen MR) is 104 cm³/mol. The smallest absolute Gasteiger partial charge is 0.356 e. The van der Waals surface area contributed by atoms with Gasteiger partial charge < -0.3 is 19.7 Å². The number of esters is 2. The van der Waals surface area contributed by atoms with Gasteiger partial charge in [-0.05, 0) is 25.0 Å². The summed E-state index contributed by atoms with van der Waals surface area (Å²) in [5, 5.41) is 2.58. The van der Waals surface area contributed by atoms with E-state index in [0.29, 0.717) is 5.56 Å². The van der Waals surface area contributed by atoms with Crippen LogP contribution >= 0.6 is 0 Å². The molecule has 7 nitrogen and oxygen atoms in total. The summed E-state index contributed by atoms with van der Waals surface area (Å²) in [5.41, 5.74) is 0.377. The van der Waals surface area contributed by atoms with Crippen molar-refractivity contribution in [1.82, 2.24) is 10.2 Å². The number of ether oxygens (including phenoxy) is 2. The molecule has 1 atom stereocenters. The third-order valence-electron chi connectivity index (χ3n) is 4.63. The summed E-state index contributed by atoms with van der Waals surface area (Å²) < 4.78 is 10.3. The Hall–Kier alpha value is -2.83. The van der Waals surface area contributed by atoms with Gasteiger partial charge in [-0.3, -0.25) is 4.79 Å². The van der Waals surface area contributed by atoms with Crippen molar-refractivity contribution < 1.29 is 23.9 Å². The van der Waals surface area contributed by atoms with Crippen LogP contribution in [0.1, 0.15) is 42.5 Å². The molecule has 1 aromatic carbocycles. The Labute approximate surface area is 165 Å². The molecular weight excluding hydrogens is 360 g/mol.